The van der Waals surface area contributed by atoms with Gasteiger partial charge in [-0.05, 0) is 62.2 Å². The van der Waals surface area contributed by atoms with E-state index in [0.29, 0.717) is 12.5 Å². The van der Waals surface area contributed by atoms with Crippen molar-refractivity contribution in [2.45, 2.75) is 64.7 Å². The zero-order valence-corrected chi connectivity index (χ0v) is 13.8. The first kappa shape index (κ1) is 16.3. The van der Waals surface area contributed by atoms with E-state index in [1.54, 1.807) is 0 Å². The van der Waals surface area contributed by atoms with E-state index < -0.39 is 10.1 Å². The highest BCUT2D eigenvalue weighted by molar-refractivity contribution is 7.85. The summed E-state index contributed by atoms with van der Waals surface area (Å²) in [7, 11) is -3.27. The summed E-state index contributed by atoms with van der Waals surface area (Å²) in [6.07, 6.45) is 13.0. The van der Waals surface area contributed by atoms with Gasteiger partial charge in [-0.2, -0.15) is 8.42 Å². The Balaban J connectivity index is 1.69. The predicted molar refractivity (Wildman–Crippen MR) is 82.0 cm³/mol. The van der Waals surface area contributed by atoms with Crippen LogP contribution in [0.1, 0.15) is 64.7 Å². The molecular formula is C16H30O3S. The minimum absolute atomic E-state index is 0.397. The highest BCUT2D eigenvalue weighted by atomic mass is 32.2. The van der Waals surface area contributed by atoms with Gasteiger partial charge in [-0.3, -0.25) is 4.18 Å². The smallest absolute Gasteiger partial charge is 0.264 e. The van der Waals surface area contributed by atoms with E-state index in [2.05, 4.69) is 6.92 Å². The summed E-state index contributed by atoms with van der Waals surface area (Å²) in [4.78, 5) is 0. The third kappa shape index (κ3) is 5.03. The quantitative estimate of drug-likeness (QED) is 0.721. The second-order valence-corrected chi connectivity index (χ2v) is 8.60. The topological polar surface area (TPSA) is 43.4 Å². The first-order valence-corrected chi connectivity index (χ1v) is 10.1. The van der Waals surface area contributed by atoms with Gasteiger partial charge in [0, 0.05) is 0 Å². The van der Waals surface area contributed by atoms with Crippen LogP contribution in [0.2, 0.25) is 0 Å². The minimum atomic E-state index is -3.27. The van der Waals surface area contributed by atoms with Crippen molar-refractivity contribution in [3.63, 3.8) is 0 Å². The lowest BCUT2D eigenvalue weighted by molar-refractivity contribution is 0.125. The fourth-order valence-electron chi connectivity index (χ4n) is 4.11. The summed E-state index contributed by atoms with van der Waals surface area (Å²) in [6, 6.07) is 0. The van der Waals surface area contributed by atoms with E-state index in [1.807, 2.05) is 0 Å². The molecule has 3 nitrogen and oxygen atoms in total. The summed E-state index contributed by atoms with van der Waals surface area (Å²) in [5.74, 6) is 3.26. The Labute approximate surface area is 124 Å². The molecule has 0 aromatic rings. The van der Waals surface area contributed by atoms with Crippen molar-refractivity contribution in [3.8, 4) is 0 Å². The molecule has 0 aliphatic heterocycles. The lowest BCUT2D eigenvalue weighted by atomic mass is 9.69. The van der Waals surface area contributed by atoms with Crippen molar-refractivity contribution in [1.82, 2.24) is 0 Å². The third-order valence-corrected chi connectivity index (χ3v) is 6.11. The molecule has 0 spiro atoms. The number of rotatable bonds is 5. The van der Waals surface area contributed by atoms with Crippen molar-refractivity contribution < 1.29 is 12.6 Å². The predicted octanol–water partition coefficient (Wildman–Crippen LogP) is 3.99. The van der Waals surface area contributed by atoms with Crippen molar-refractivity contribution in [3.05, 3.63) is 0 Å². The van der Waals surface area contributed by atoms with E-state index in [-0.39, 0.29) is 0 Å². The molecule has 2 aliphatic rings. The van der Waals surface area contributed by atoms with Crippen molar-refractivity contribution in [1.29, 1.82) is 0 Å². The lowest BCUT2D eigenvalue weighted by Gasteiger charge is -2.37. The Hall–Kier alpha value is -0.0900. The number of hydrogen-bond donors (Lipinski definition) is 0. The Bertz CT molecular complexity index is 375. The summed E-state index contributed by atoms with van der Waals surface area (Å²) in [6.45, 7) is 2.71. The van der Waals surface area contributed by atoms with Gasteiger partial charge >= 0.3 is 0 Å². The van der Waals surface area contributed by atoms with Crippen LogP contribution < -0.4 is 0 Å². The van der Waals surface area contributed by atoms with Gasteiger partial charge in [0.15, 0.2) is 0 Å². The van der Waals surface area contributed by atoms with Crippen LogP contribution in [0, 0.1) is 23.7 Å². The summed E-state index contributed by atoms with van der Waals surface area (Å²) in [5.41, 5.74) is 0. The van der Waals surface area contributed by atoms with Crippen LogP contribution in [0.4, 0.5) is 0 Å². The molecule has 2 saturated carbocycles. The molecular weight excluding hydrogens is 272 g/mol. The molecule has 0 heterocycles. The minimum Gasteiger partial charge on any atom is -0.270 e. The SMILES string of the molecule is CCC1CCC(C2CCC(COS(C)(=O)=O)CC2)CC1. The molecule has 118 valence electrons. The Morgan fingerprint density at radius 1 is 0.850 bits per heavy atom. The maximum atomic E-state index is 11.0. The standard InChI is InChI=1S/C16H30O3S/c1-3-13-4-8-15(9-5-13)16-10-6-14(7-11-16)12-19-20(2,17)18/h13-16H,3-12H2,1-2H3. The van der Waals surface area contributed by atoms with Crippen molar-refractivity contribution in [2.75, 3.05) is 12.9 Å². The van der Waals surface area contributed by atoms with Crippen LogP contribution in [0.5, 0.6) is 0 Å². The van der Waals surface area contributed by atoms with Gasteiger partial charge in [0.2, 0.25) is 0 Å². The molecule has 0 unspecified atom stereocenters. The number of hydrogen-bond acceptors (Lipinski definition) is 3. The van der Waals surface area contributed by atoms with Crippen molar-refractivity contribution in [2.24, 2.45) is 23.7 Å². The largest absolute Gasteiger partial charge is 0.270 e. The molecule has 0 bridgehead atoms. The van der Waals surface area contributed by atoms with E-state index in [4.69, 9.17) is 4.18 Å². The molecule has 0 radical (unpaired) electrons. The Morgan fingerprint density at radius 2 is 1.30 bits per heavy atom. The van der Waals surface area contributed by atoms with Gasteiger partial charge in [0.1, 0.15) is 0 Å². The molecule has 2 fully saturated rings. The van der Waals surface area contributed by atoms with E-state index in [1.165, 1.54) is 44.9 Å². The van der Waals surface area contributed by atoms with Gasteiger partial charge < -0.3 is 0 Å². The first-order valence-electron chi connectivity index (χ1n) is 8.32. The second-order valence-electron chi connectivity index (χ2n) is 6.96. The van der Waals surface area contributed by atoms with E-state index >= 15 is 0 Å². The van der Waals surface area contributed by atoms with Gasteiger partial charge in [-0.25, -0.2) is 0 Å². The molecule has 0 N–H and O–H groups in total. The summed E-state index contributed by atoms with van der Waals surface area (Å²) in [5, 5.41) is 0. The second kappa shape index (κ2) is 7.26. The average molecular weight is 302 g/mol. The molecule has 0 aromatic carbocycles. The van der Waals surface area contributed by atoms with Crippen LogP contribution in [0.3, 0.4) is 0 Å². The van der Waals surface area contributed by atoms with Crippen LogP contribution in [-0.2, 0) is 14.3 Å². The maximum Gasteiger partial charge on any atom is 0.264 e. The van der Waals surface area contributed by atoms with Gasteiger partial charge in [-0.1, -0.05) is 26.2 Å². The molecule has 20 heavy (non-hydrogen) atoms. The van der Waals surface area contributed by atoms with Crippen LogP contribution in [-0.4, -0.2) is 21.3 Å². The third-order valence-electron chi connectivity index (χ3n) is 5.54. The highest BCUT2D eigenvalue weighted by Gasteiger charge is 2.30. The van der Waals surface area contributed by atoms with Gasteiger partial charge in [-0.15, -0.1) is 0 Å². The normalized spacial score (nSPS) is 35.9. The van der Waals surface area contributed by atoms with Gasteiger partial charge in [0.25, 0.3) is 10.1 Å². The molecule has 2 aliphatic carbocycles. The zero-order chi connectivity index (χ0) is 14.6. The monoisotopic (exact) mass is 302 g/mol. The van der Waals surface area contributed by atoms with Crippen LogP contribution >= 0.6 is 0 Å². The summed E-state index contributed by atoms with van der Waals surface area (Å²) >= 11 is 0. The summed E-state index contributed by atoms with van der Waals surface area (Å²) < 4.78 is 27.0. The molecule has 0 atom stereocenters. The molecule has 4 heteroatoms. The van der Waals surface area contributed by atoms with E-state index in [0.717, 1.165) is 36.9 Å². The molecule has 0 amide bonds. The Morgan fingerprint density at radius 3 is 1.70 bits per heavy atom. The fourth-order valence-corrected chi connectivity index (χ4v) is 4.55. The maximum absolute atomic E-state index is 11.0. The zero-order valence-electron chi connectivity index (χ0n) is 13.0. The molecule has 0 aromatic heterocycles. The molecule has 2 rings (SSSR count). The van der Waals surface area contributed by atoms with Crippen molar-refractivity contribution >= 4 is 10.1 Å². The van der Waals surface area contributed by atoms with E-state index in [9.17, 15) is 8.42 Å². The highest BCUT2D eigenvalue weighted by Crippen LogP contribution is 2.41. The lowest BCUT2D eigenvalue weighted by Crippen LogP contribution is -2.27. The fraction of sp³-hybridized carbons (Fsp3) is 1.00. The average Bonchev–Trinajstić information content (AvgIpc) is 2.45. The molecule has 0 saturated heterocycles. The first-order chi connectivity index (χ1) is 9.48. The Kier molecular flexibility index (Phi) is 5.91. The van der Waals surface area contributed by atoms with Crippen LogP contribution in [0.25, 0.3) is 0 Å². The van der Waals surface area contributed by atoms with Crippen LogP contribution in [0.15, 0.2) is 0 Å². The van der Waals surface area contributed by atoms with Gasteiger partial charge in [0.05, 0.1) is 12.9 Å².